The molecular formula is C19H25N3O4S. The highest BCUT2D eigenvalue weighted by molar-refractivity contribution is 7.90. The highest BCUT2D eigenvalue weighted by Gasteiger charge is 2.20. The van der Waals surface area contributed by atoms with Gasteiger partial charge >= 0.3 is 10.2 Å². The molecule has 0 radical (unpaired) electrons. The van der Waals surface area contributed by atoms with E-state index >= 15 is 0 Å². The van der Waals surface area contributed by atoms with E-state index < -0.39 is 10.2 Å². The Bertz CT molecular complexity index is 863. The largest absolute Gasteiger partial charge is 0.492 e. The van der Waals surface area contributed by atoms with Gasteiger partial charge in [0.15, 0.2) is 0 Å². The molecule has 146 valence electrons. The molecule has 27 heavy (non-hydrogen) atoms. The number of hydrogen-bond donors (Lipinski definition) is 1. The molecule has 7 nitrogen and oxygen atoms in total. The van der Waals surface area contributed by atoms with Crippen molar-refractivity contribution < 1.29 is 17.9 Å². The Morgan fingerprint density at radius 3 is 2.15 bits per heavy atom. The molecule has 0 aliphatic carbocycles. The van der Waals surface area contributed by atoms with E-state index in [1.807, 2.05) is 31.2 Å². The van der Waals surface area contributed by atoms with Gasteiger partial charge in [0.1, 0.15) is 12.4 Å². The maximum absolute atomic E-state index is 12.2. The van der Waals surface area contributed by atoms with E-state index in [1.165, 1.54) is 21.1 Å². The van der Waals surface area contributed by atoms with Crippen molar-refractivity contribution in [3.63, 3.8) is 0 Å². The number of carbonyl (C=O) groups excluding carboxylic acids is 1. The number of amides is 1. The maximum atomic E-state index is 12.2. The lowest BCUT2D eigenvalue weighted by Gasteiger charge is -2.23. The smallest absolute Gasteiger partial charge is 0.303 e. The molecular weight excluding hydrogens is 366 g/mol. The third kappa shape index (κ3) is 5.45. The van der Waals surface area contributed by atoms with Crippen molar-refractivity contribution in [1.29, 1.82) is 0 Å². The fraction of sp³-hybridized carbons (Fsp3) is 0.316. The Morgan fingerprint density at radius 1 is 1.00 bits per heavy atom. The number of carbonyl (C=O) groups is 1. The number of nitrogens with one attached hydrogen (secondary N) is 1. The van der Waals surface area contributed by atoms with Crippen LogP contribution < -0.4 is 14.4 Å². The molecule has 0 atom stereocenters. The second-order valence-corrected chi connectivity index (χ2v) is 8.40. The van der Waals surface area contributed by atoms with Crippen LogP contribution in [-0.4, -0.2) is 52.9 Å². The van der Waals surface area contributed by atoms with E-state index in [0.717, 1.165) is 19.9 Å². The van der Waals surface area contributed by atoms with E-state index in [2.05, 4.69) is 5.32 Å². The summed E-state index contributed by atoms with van der Waals surface area (Å²) in [4.78, 5) is 12.2. The summed E-state index contributed by atoms with van der Waals surface area (Å²) in [7, 11) is 0.834. The van der Waals surface area contributed by atoms with Gasteiger partial charge in [-0.15, -0.1) is 0 Å². The molecule has 2 aromatic carbocycles. The van der Waals surface area contributed by atoms with Crippen LogP contribution in [0.4, 0.5) is 5.69 Å². The second-order valence-electron chi connectivity index (χ2n) is 6.22. The summed E-state index contributed by atoms with van der Waals surface area (Å²) in [6.45, 7) is 2.73. The van der Waals surface area contributed by atoms with Crippen LogP contribution >= 0.6 is 0 Å². The fourth-order valence-corrected chi connectivity index (χ4v) is 3.15. The highest BCUT2D eigenvalue weighted by atomic mass is 32.2. The number of anilines is 1. The predicted octanol–water partition coefficient (Wildman–Crippen LogP) is 2.05. The van der Waals surface area contributed by atoms with E-state index in [1.54, 1.807) is 24.3 Å². The van der Waals surface area contributed by atoms with Crippen LogP contribution in [0.5, 0.6) is 5.75 Å². The number of rotatable bonds is 8. The minimum Gasteiger partial charge on any atom is -0.492 e. The highest BCUT2D eigenvalue weighted by Crippen LogP contribution is 2.18. The van der Waals surface area contributed by atoms with Gasteiger partial charge in [0, 0.05) is 26.7 Å². The molecule has 1 amide bonds. The Labute approximate surface area is 160 Å². The second kappa shape index (κ2) is 8.88. The van der Waals surface area contributed by atoms with Crippen LogP contribution in [0.25, 0.3) is 0 Å². The summed E-state index contributed by atoms with van der Waals surface area (Å²) in [6.07, 6.45) is 0. The summed E-state index contributed by atoms with van der Waals surface area (Å²) in [5, 5.41) is 2.77. The van der Waals surface area contributed by atoms with Crippen molar-refractivity contribution in [3.8, 4) is 5.75 Å². The molecule has 8 heteroatoms. The average Bonchev–Trinajstić information content (AvgIpc) is 2.65. The third-order valence-electron chi connectivity index (χ3n) is 3.98. The van der Waals surface area contributed by atoms with Crippen molar-refractivity contribution in [2.24, 2.45) is 0 Å². The van der Waals surface area contributed by atoms with Crippen LogP contribution in [0.3, 0.4) is 0 Å². The van der Waals surface area contributed by atoms with Crippen molar-refractivity contribution in [1.82, 2.24) is 9.62 Å². The van der Waals surface area contributed by atoms with Crippen LogP contribution in [0, 0.1) is 6.92 Å². The fourth-order valence-electron chi connectivity index (χ4n) is 2.27. The van der Waals surface area contributed by atoms with Crippen LogP contribution in [-0.2, 0) is 10.2 Å². The summed E-state index contributed by atoms with van der Waals surface area (Å²) >= 11 is 0. The molecule has 2 rings (SSSR count). The first-order valence-electron chi connectivity index (χ1n) is 8.46. The number of aryl methyl sites for hydroxylation is 1. The molecule has 0 fully saturated rings. The Morgan fingerprint density at radius 2 is 1.59 bits per heavy atom. The predicted molar refractivity (Wildman–Crippen MR) is 106 cm³/mol. The standard InChI is InChI=1S/C19H25N3O4S/c1-15-5-11-18(12-6-15)26-14-13-20-19(23)16-7-9-17(10-8-16)22(4)27(24,25)21(2)3/h5-12H,13-14H2,1-4H3,(H,20,23). The van der Waals surface area contributed by atoms with Gasteiger partial charge in [-0.2, -0.15) is 12.7 Å². The zero-order valence-electron chi connectivity index (χ0n) is 16.0. The first-order chi connectivity index (χ1) is 12.7. The molecule has 1 N–H and O–H groups in total. The van der Waals surface area contributed by atoms with Gasteiger partial charge in [0.2, 0.25) is 0 Å². The zero-order chi connectivity index (χ0) is 20.0. The van der Waals surface area contributed by atoms with Gasteiger partial charge in [0.05, 0.1) is 12.2 Å². The van der Waals surface area contributed by atoms with E-state index in [9.17, 15) is 13.2 Å². The lowest BCUT2D eigenvalue weighted by molar-refractivity contribution is 0.0947. The minimum atomic E-state index is -3.56. The zero-order valence-corrected chi connectivity index (χ0v) is 16.8. The lowest BCUT2D eigenvalue weighted by Crippen LogP contribution is -2.37. The molecule has 2 aromatic rings. The van der Waals surface area contributed by atoms with E-state index in [-0.39, 0.29) is 5.91 Å². The van der Waals surface area contributed by atoms with Gasteiger partial charge in [-0.25, -0.2) is 0 Å². The van der Waals surface area contributed by atoms with Crippen LogP contribution in [0.2, 0.25) is 0 Å². The molecule has 0 saturated carbocycles. The number of ether oxygens (including phenoxy) is 1. The molecule has 0 aliphatic rings. The van der Waals surface area contributed by atoms with E-state index in [0.29, 0.717) is 24.4 Å². The topological polar surface area (TPSA) is 79.0 Å². The molecule has 0 unspecified atom stereocenters. The number of benzene rings is 2. The van der Waals surface area contributed by atoms with Gasteiger partial charge in [0.25, 0.3) is 5.91 Å². The van der Waals surface area contributed by atoms with Crippen molar-refractivity contribution in [3.05, 3.63) is 59.7 Å². The molecule has 0 aliphatic heterocycles. The minimum absolute atomic E-state index is 0.243. The van der Waals surface area contributed by atoms with E-state index in [4.69, 9.17) is 4.74 Å². The SMILES string of the molecule is Cc1ccc(OCCNC(=O)c2ccc(N(C)S(=O)(=O)N(C)C)cc2)cc1. The molecule has 0 spiro atoms. The first kappa shape index (κ1) is 20.7. The van der Waals surface area contributed by atoms with Crippen LogP contribution in [0.15, 0.2) is 48.5 Å². The monoisotopic (exact) mass is 391 g/mol. The Kier molecular flexibility index (Phi) is 6.81. The Hall–Kier alpha value is -2.58. The van der Waals surface area contributed by atoms with Gasteiger partial charge in [-0.1, -0.05) is 17.7 Å². The quantitative estimate of drug-likeness (QED) is 0.699. The average molecular weight is 391 g/mol. The van der Waals surface area contributed by atoms with Gasteiger partial charge < -0.3 is 10.1 Å². The van der Waals surface area contributed by atoms with Gasteiger partial charge in [-0.3, -0.25) is 9.10 Å². The molecule has 0 aromatic heterocycles. The maximum Gasteiger partial charge on any atom is 0.303 e. The van der Waals surface area contributed by atoms with Crippen LogP contribution in [0.1, 0.15) is 15.9 Å². The van der Waals surface area contributed by atoms with Crippen molar-refractivity contribution in [2.75, 3.05) is 38.6 Å². The molecule has 0 saturated heterocycles. The Balaban J connectivity index is 1.87. The third-order valence-corrected chi connectivity index (χ3v) is 5.80. The number of nitrogens with zero attached hydrogens (tertiary/aromatic N) is 2. The summed E-state index contributed by atoms with van der Waals surface area (Å²) in [5.41, 5.74) is 2.08. The molecule has 0 heterocycles. The summed E-state index contributed by atoms with van der Waals surface area (Å²) < 4.78 is 32.1. The summed E-state index contributed by atoms with van der Waals surface area (Å²) in [6, 6.07) is 14.1. The lowest BCUT2D eigenvalue weighted by atomic mass is 10.2. The normalized spacial score (nSPS) is 11.3. The van der Waals surface area contributed by atoms with Crippen molar-refractivity contribution >= 4 is 21.8 Å². The number of hydrogen-bond acceptors (Lipinski definition) is 4. The van der Waals surface area contributed by atoms with Gasteiger partial charge in [-0.05, 0) is 43.3 Å². The first-order valence-corrected chi connectivity index (χ1v) is 9.85. The molecule has 0 bridgehead atoms. The summed E-state index contributed by atoms with van der Waals surface area (Å²) in [5.74, 6) is 0.511. The van der Waals surface area contributed by atoms with Crippen molar-refractivity contribution in [2.45, 2.75) is 6.92 Å².